The van der Waals surface area contributed by atoms with Crippen molar-refractivity contribution in [1.82, 2.24) is 25.1 Å². The number of anilines is 1. The first-order valence-corrected chi connectivity index (χ1v) is 9.01. The number of nitrogens with zero attached hydrogens (tertiary/aromatic N) is 5. The minimum absolute atomic E-state index is 0.0276. The zero-order valence-electron chi connectivity index (χ0n) is 15.2. The van der Waals surface area contributed by atoms with Crippen LogP contribution in [0.3, 0.4) is 0 Å². The van der Waals surface area contributed by atoms with Crippen LogP contribution >= 0.6 is 0 Å². The number of aryl methyl sites for hydroxylation is 1. The lowest BCUT2D eigenvalue weighted by atomic mass is 9.88. The summed E-state index contributed by atoms with van der Waals surface area (Å²) < 4.78 is 6.24. The summed E-state index contributed by atoms with van der Waals surface area (Å²) in [6, 6.07) is 3.81. The number of piperidine rings is 1. The van der Waals surface area contributed by atoms with Crippen LogP contribution in [0.2, 0.25) is 0 Å². The van der Waals surface area contributed by atoms with E-state index < -0.39 is 0 Å². The van der Waals surface area contributed by atoms with Crippen molar-refractivity contribution in [2.45, 2.75) is 37.8 Å². The molecule has 0 aliphatic carbocycles. The van der Waals surface area contributed by atoms with Gasteiger partial charge in [-0.25, -0.2) is 9.97 Å². The standard InChI is InChI=1S/C18H24N6O2/c1-13-9-15(22-21-13)16(25)24-8-3-5-18(12-24)10-14(11-26-18)23(2)17-19-6-4-7-20-17/h4,6-7,9,14H,3,5,8,10-12H2,1-2H3,(H,21,22)/t14-,18+/m1/s1. The third-order valence-corrected chi connectivity index (χ3v) is 5.36. The Labute approximate surface area is 152 Å². The SMILES string of the molecule is Cc1cc(C(=O)N2CCC[C@]3(C[C@@H](N(C)c4ncccn4)CO3)C2)n[nH]1. The van der Waals surface area contributed by atoms with E-state index in [1.165, 1.54) is 0 Å². The van der Waals surface area contributed by atoms with Gasteiger partial charge >= 0.3 is 0 Å². The minimum atomic E-state index is -0.285. The van der Waals surface area contributed by atoms with Crippen LogP contribution in [0.1, 0.15) is 35.4 Å². The zero-order chi connectivity index (χ0) is 18.1. The predicted octanol–water partition coefficient (Wildman–Crippen LogP) is 1.41. The Hall–Kier alpha value is -2.48. The third kappa shape index (κ3) is 3.16. The number of aromatic nitrogens is 4. The van der Waals surface area contributed by atoms with E-state index in [4.69, 9.17) is 4.74 Å². The number of H-pyrrole nitrogens is 1. The molecule has 0 bridgehead atoms. The van der Waals surface area contributed by atoms with Gasteiger partial charge in [-0.05, 0) is 31.9 Å². The van der Waals surface area contributed by atoms with E-state index in [1.54, 1.807) is 18.5 Å². The number of carbonyl (C=O) groups excluding carboxylic acids is 1. The van der Waals surface area contributed by atoms with Gasteiger partial charge in [-0.15, -0.1) is 0 Å². The number of likely N-dealkylation sites (tertiary alicyclic amines) is 1. The van der Waals surface area contributed by atoms with Crippen molar-refractivity contribution in [3.8, 4) is 0 Å². The highest BCUT2D eigenvalue weighted by atomic mass is 16.5. The molecule has 2 saturated heterocycles. The first kappa shape index (κ1) is 17.0. The van der Waals surface area contributed by atoms with Crippen LogP contribution in [0, 0.1) is 6.92 Å². The van der Waals surface area contributed by atoms with Crippen LogP contribution in [0.4, 0.5) is 5.95 Å². The molecule has 0 radical (unpaired) electrons. The Morgan fingerprint density at radius 1 is 1.42 bits per heavy atom. The topological polar surface area (TPSA) is 87.2 Å². The molecule has 2 fully saturated rings. The maximum atomic E-state index is 12.7. The molecule has 4 rings (SSSR count). The summed E-state index contributed by atoms with van der Waals surface area (Å²) in [5, 5.41) is 6.95. The molecule has 1 N–H and O–H groups in total. The van der Waals surface area contributed by atoms with Gasteiger partial charge in [0.05, 0.1) is 24.8 Å². The molecular formula is C18H24N6O2. The second-order valence-corrected chi connectivity index (χ2v) is 7.28. The number of nitrogens with one attached hydrogen (secondary N) is 1. The van der Waals surface area contributed by atoms with Crippen LogP contribution in [-0.2, 0) is 4.74 Å². The van der Waals surface area contributed by atoms with Crippen molar-refractivity contribution in [1.29, 1.82) is 0 Å². The number of likely N-dealkylation sites (N-methyl/N-ethyl adjacent to an activating group) is 1. The van der Waals surface area contributed by atoms with Gasteiger partial charge in [-0.3, -0.25) is 9.89 Å². The fourth-order valence-electron chi connectivity index (χ4n) is 3.95. The van der Waals surface area contributed by atoms with E-state index in [-0.39, 0.29) is 17.6 Å². The molecule has 0 aromatic carbocycles. The fourth-order valence-corrected chi connectivity index (χ4v) is 3.95. The quantitative estimate of drug-likeness (QED) is 0.895. The van der Waals surface area contributed by atoms with Crippen molar-refractivity contribution in [2.75, 3.05) is 31.6 Å². The summed E-state index contributed by atoms with van der Waals surface area (Å²) in [6.07, 6.45) is 6.27. The van der Waals surface area contributed by atoms with Crippen molar-refractivity contribution in [2.24, 2.45) is 0 Å². The van der Waals surface area contributed by atoms with Gasteiger partial charge in [0, 0.05) is 38.1 Å². The summed E-state index contributed by atoms with van der Waals surface area (Å²) >= 11 is 0. The maximum Gasteiger partial charge on any atom is 0.274 e. The number of hydrogen-bond acceptors (Lipinski definition) is 6. The first-order chi connectivity index (χ1) is 12.6. The van der Waals surface area contributed by atoms with Gasteiger partial charge < -0.3 is 14.5 Å². The van der Waals surface area contributed by atoms with Gasteiger partial charge in [-0.2, -0.15) is 5.10 Å². The van der Waals surface area contributed by atoms with Crippen molar-refractivity contribution >= 4 is 11.9 Å². The van der Waals surface area contributed by atoms with E-state index in [9.17, 15) is 4.79 Å². The van der Waals surface area contributed by atoms with E-state index in [0.29, 0.717) is 24.8 Å². The molecule has 2 aromatic heterocycles. The van der Waals surface area contributed by atoms with Crippen LogP contribution in [-0.4, -0.2) is 69.4 Å². The largest absolute Gasteiger partial charge is 0.371 e. The van der Waals surface area contributed by atoms with Crippen LogP contribution in [0.15, 0.2) is 24.5 Å². The smallest absolute Gasteiger partial charge is 0.274 e. The van der Waals surface area contributed by atoms with E-state index in [1.807, 2.05) is 24.9 Å². The number of amides is 1. The van der Waals surface area contributed by atoms with Crippen LogP contribution in [0.5, 0.6) is 0 Å². The number of aromatic amines is 1. The number of rotatable bonds is 3. The average molecular weight is 356 g/mol. The predicted molar refractivity (Wildman–Crippen MR) is 96.0 cm³/mol. The lowest BCUT2D eigenvalue weighted by molar-refractivity contribution is -0.0448. The lowest BCUT2D eigenvalue weighted by Crippen LogP contribution is -2.50. The molecule has 2 aliphatic rings. The molecule has 138 valence electrons. The highest BCUT2D eigenvalue weighted by Gasteiger charge is 2.46. The normalized spacial score (nSPS) is 25.6. The van der Waals surface area contributed by atoms with E-state index in [0.717, 1.165) is 31.5 Å². The Kier molecular flexibility index (Phi) is 4.36. The van der Waals surface area contributed by atoms with Gasteiger partial charge in [0.25, 0.3) is 5.91 Å². The summed E-state index contributed by atoms with van der Waals surface area (Å²) in [7, 11) is 2.00. The molecule has 2 atom stereocenters. The van der Waals surface area contributed by atoms with Crippen LogP contribution in [0.25, 0.3) is 0 Å². The zero-order valence-corrected chi connectivity index (χ0v) is 15.2. The molecular weight excluding hydrogens is 332 g/mol. The van der Waals surface area contributed by atoms with Crippen molar-refractivity contribution < 1.29 is 9.53 Å². The van der Waals surface area contributed by atoms with E-state index >= 15 is 0 Å². The second kappa shape index (κ2) is 6.68. The summed E-state index contributed by atoms with van der Waals surface area (Å²) in [6.45, 7) is 3.88. The van der Waals surface area contributed by atoms with Crippen LogP contribution < -0.4 is 4.90 Å². The maximum absolute atomic E-state index is 12.7. The molecule has 8 heteroatoms. The lowest BCUT2D eigenvalue weighted by Gasteiger charge is -2.39. The van der Waals surface area contributed by atoms with Gasteiger partial charge in [0.15, 0.2) is 0 Å². The third-order valence-electron chi connectivity index (χ3n) is 5.36. The Bertz CT molecular complexity index is 779. The summed E-state index contributed by atoms with van der Waals surface area (Å²) in [4.78, 5) is 25.3. The highest BCUT2D eigenvalue weighted by molar-refractivity contribution is 5.92. The highest BCUT2D eigenvalue weighted by Crippen LogP contribution is 2.37. The van der Waals surface area contributed by atoms with Crippen molar-refractivity contribution in [3.63, 3.8) is 0 Å². The summed E-state index contributed by atoms with van der Waals surface area (Å²) in [5.41, 5.74) is 1.08. The Morgan fingerprint density at radius 2 is 2.23 bits per heavy atom. The fraction of sp³-hybridized carbons (Fsp3) is 0.556. The summed E-state index contributed by atoms with van der Waals surface area (Å²) in [5.74, 6) is 0.675. The van der Waals surface area contributed by atoms with Crippen molar-refractivity contribution in [3.05, 3.63) is 35.9 Å². The number of hydrogen-bond donors (Lipinski definition) is 1. The molecule has 26 heavy (non-hydrogen) atoms. The van der Waals surface area contributed by atoms with Gasteiger partial charge in [0.1, 0.15) is 5.69 Å². The second-order valence-electron chi connectivity index (χ2n) is 7.28. The Balaban J connectivity index is 1.45. The monoisotopic (exact) mass is 356 g/mol. The molecule has 0 unspecified atom stereocenters. The average Bonchev–Trinajstić information content (AvgIpc) is 3.28. The van der Waals surface area contributed by atoms with Gasteiger partial charge in [-0.1, -0.05) is 0 Å². The van der Waals surface area contributed by atoms with Gasteiger partial charge in [0.2, 0.25) is 5.95 Å². The molecule has 8 nitrogen and oxygen atoms in total. The Morgan fingerprint density at radius 3 is 2.96 bits per heavy atom. The van der Waals surface area contributed by atoms with E-state index in [2.05, 4.69) is 25.1 Å². The number of carbonyl (C=O) groups is 1. The molecule has 0 saturated carbocycles. The minimum Gasteiger partial charge on any atom is -0.371 e. The molecule has 1 amide bonds. The molecule has 4 heterocycles. The number of ether oxygens (including phenoxy) is 1. The molecule has 2 aliphatic heterocycles. The molecule has 1 spiro atoms. The first-order valence-electron chi connectivity index (χ1n) is 9.01. The molecule has 2 aromatic rings.